The van der Waals surface area contributed by atoms with Gasteiger partial charge in [0.15, 0.2) is 0 Å². The van der Waals surface area contributed by atoms with E-state index < -0.39 is 17.8 Å². The van der Waals surface area contributed by atoms with Crippen LogP contribution < -0.4 is 0 Å². The first kappa shape index (κ1) is 15.5. The summed E-state index contributed by atoms with van der Waals surface area (Å²) in [6.07, 6.45) is 1.21. The fraction of sp³-hybridized carbons (Fsp3) is 0.667. The highest BCUT2D eigenvalue weighted by Crippen LogP contribution is 2.37. The van der Waals surface area contributed by atoms with Crippen LogP contribution in [0.5, 0.6) is 0 Å². The Bertz CT molecular complexity index is 532. The highest BCUT2D eigenvalue weighted by atomic mass is 16.5. The van der Waals surface area contributed by atoms with Gasteiger partial charge in [-0.25, -0.2) is 0 Å². The van der Waals surface area contributed by atoms with Crippen LogP contribution >= 0.6 is 0 Å². The number of amides is 1. The Morgan fingerprint density at radius 1 is 1.33 bits per heavy atom. The molecule has 21 heavy (non-hydrogen) atoms. The van der Waals surface area contributed by atoms with Gasteiger partial charge < -0.3 is 14.5 Å². The summed E-state index contributed by atoms with van der Waals surface area (Å²) in [5.41, 5.74) is 1.66. The minimum atomic E-state index is -0.872. The molecule has 6 nitrogen and oxygen atoms in total. The van der Waals surface area contributed by atoms with Crippen molar-refractivity contribution >= 4 is 11.9 Å². The Hall–Kier alpha value is -1.85. The van der Waals surface area contributed by atoms with Gasteiger partial charge in [0.25, 0.3) is 0 Å². The molecule has 0 bridgehead atoms. The molecule has 1 aliphatic carbocycles. The van der Waals surface area contributed by atoms with Crippen molar-refractivity contribution in [2.24, 2.45) is 17.8 Å². The molecule has 1 heterocycles. The molecule has 1 aliphatic rings. The standard InChI is InChI=1S/C15H22N2O4/c1-8-5-11(12(6-8)15(19)20)14(18)17(4)7-13-9(2)16-21-10(13)3/h8,11-12H,5-7H2,1-4H3,(H,19,20). The number of carbonyl (C=O) groups excluding carboxylic acids is 1. The predicted molar refractivity (Wildman–Crippen MR) is 75.5 cm³/mol. The Balaban J connectivity index is 2.10. The number of aryl methyl sites for hydroxylation is 2. The van der Waals surface area contributed by atoms with Crippen molar-refractivity contribution in [3.8, 4) is 0 Å². The van der Waals surface area contributed by atoms with Crippen molar-refractivity contribution in [3.05, 3.63) is 17.0 Å². The second-order valence-electron chi connectivity index (χ2n) is 6.12. The quantitative estimate of drug-likeness (QED) is 0.918. The molecule has 3 unspecified atom stereocenters. The minimum Gasteiger partial charge on any atom is -0.481 e. The third-order valence-electron chi connectivity index (χ3n) is 4.39. The molecule has 0 spiro atoms. The summed E-state index contributed by atoms with van der Waals surface area (Å²) in [6.45, 7) is 6.04. The first-order valence-electron chi connectivity index (χ1n) is 7.20. The van der Waals surface area contributed by atoms with Crippen LogP contribution in [0.25, 0.3) is 0 Å². The van der Waals surface area contributed by atoms with E-state index in [1.165, 1.54) is 0 Å². The fourth-order valence-corrected chi connectivity index (χ4v) is 3.16. The lowest BCUT2D eigenvalue weighted by atomic mass is 9.94. The number of nitrogens with zero attached hydrogens (tertiary/aromatic N) is 2. The van der Waals surface area contributed by atoms with Crippen LogP contribution in [-0.2, 0) is 16.1 Å². The van der Waals surface area contributed by atoms with E-state index in [0.717, 1.165) is 11.3 Å². The van der Waals surface area contributed by atoms with Gasteiger partial charge in [-0.2, -0.15) is 0 Å². The number of carboxylic acid groups (broad SMARTS) is 1. The summed E-state index contributed by atoms with van der Waals surface area (Å²) < 4.78 is 5.10. The van der Waals surface area contributed by atoms with E-state index >= 15 is 0 Å². The first-order chi connectivity index (χ1) is 9.81. The highest BCUT2D eigenvalue weighted by molar-refractivity contribution is 5.85. The van der Waals surface area contributed by atoms with E-state index in [1.807, 2.05) is 20.8 Å². The van der Waals surface area contributed by atoms with Gasteiger partial charge in [0.05, 0.1) is 24.1 Å². The maximum absolute atomic E-state index is 12.6. The lowest BCUT2D eigenvalue weighted by molar-refractivity contribution is -0.148. The Morgan fingerprint density at radius 2 is 1.95 bits per heavy atom. The molecular weight excluding hydrogens is 272 g/mol. The van der Waals surface area contributed by atoms with Crippen molar-refractivity contribution in [1.29, 1.82) is 0 Å². The summed E-state index contributed by atoms with van der Waals surface area (Å²) in [4.78, 5) is 25.5. The van der Waals surface area contributed by atoms with Crippen molar-refractivity contribution < 1.29 is 19.2 Å². The van der Waals surface area contributed by atoms with Crippen LogP contribution in [0.15, 0.2) is 4.52 Å². The number of hydrogen-bond acceptors (Lipinski definition) is 4. The molecule has 1 saturated carbocycles. The molecule has 6 heteroatoms. The Labute approximate surface area is 124 Å². The predicted octanol–water partition coefficient (Wildman–Crippen LogP) is 2.00. The highest BCUT2D eigenvalue weighted by Gasteiger charge is 2.42. The van der Waals surface area contributed by atoms with Crippen LogP contribution in [0.4, 0.5) is 0 Å². The maximum atomic E-state index is 12.6. The van der Waals surface area contributed by atoms with E-state index in [4.69, 9.17) is 4.52 Å². The van der Waals surface area contributed by atoms with Crippen LogP contribution in [-0.4, -0.2) is 34.1 Å². The van der Waals surface area contributed by atoms with Crippen LogP contribution in [0.2, 0.25) is 0 Å². The average molecular weight is 294 g/mol. The molecule has 116 valence electrons. The molecule has 1 aromatic heterocycles. The molecule has 0 saturated heterocycles. The van der Waals surface area contributed by atoms with Gasteiger partial charge in [-0.1, -0.05) is 12.1 Å². The summed E-state index contributed by atoms with van der Waals surface area (Å²) >= 11 is 0. The normalized spacial score (nSPS) is 25.0. The van der Waals surface area contributed by atoms with Gasteiger partial charge in [-0.3, -0.25) is 9.59 Å². The third kappa shape index (κ3) is 3.09. The number of aromatic nitrogens is 1. The fourth-order valence-electron chi connectivity index (χ4n) is 3.16. The molecule has 2 rings (SSSR count). The number of rotatable bonds is 4. The smallest absolute Gasteiger partial charge is 0.307 e. The van der Waals surface area contributed by atoms with Crippen molar-refractivity contribution in [1.82, 2.24) is 10.1 Å². The van der Waals surface area contributed by atoms with Crippen molar-refractivity contribution in [2.45, 2.75) is 40.2 Å². The number of carbonyl (C=O) groups is 2. The van der Waals surface area contributed by atoms with Crippen LogP contribution in [0.3, 0.4) is 0 Å². The summed E-state index contributed by atoms with van der Waals surface area (Å²) in [7, 11) is 1.70. The Morgan fingerprint density at radius 3 is 2.48 bits per heavy atom. The zero-order valence-corrected chi connectivity index (χ0v) is 12.9. The Kier molecular flexibility index (Phi) is 4.34. The molecule has 1 aromatic rings. The second-order valence-corrected chi connectivity index (χ2v) is 6.12. The molecule has 3 atom stereocenters. The topological polar surface area (TPSA) is 83.6 Å². The lowest BCUT2D eigenvalue weighted by Gasteiger charge is -2.23. The summed E-state index contributed by atoms with van der Waals surface area (Å²) in [5.74, 6) is -1.01. The van der Waals surface area contributed by atoms with Gasteiger partial charge in [0, 0.05) is 12.6 Å². The van der Waals surface area contributed by atoms with Gasteiger partial charge in [0.1, 0.15) is 5.76 Å². The SMILES string of the molecule is Cc1noc(C)c1CN(C)C(=O)C1CC(C)CC1C(=O)O. The molecule has 1 fully saturated rings. The number of hydrogen-bond donors (Lipinski definition) is 1. The van der Waals surface area contributed by atoms with E-state index in [2.05, 4.69) is 5.16 Å². The average Bonchev–Trinajstić information content (AvgIpc) is 2.95. The minimum absolute atomic E-state index is 0.105. The van der Waals surface area contributed by atoms with E-state index in [0.29, 0.717) is 25.1 Å². The van der Waals surface area contributed by atoms with E-state index in [1.54, 1.807) is 11.9 Å². The largest absolute Gasteiger partial charge is 0.481 e. The van der Waals surface area contributed by atoms with Gasteiger partial charge in [-0.15, -0.1) is 0 Å². The number of aliphatic carboxylic acids is 1. The zero-order chi connectivity index (χ0) is 15.7. The zero-order valence-electron chi connectivity index (χ0n) is 12.9. The van der Waals surface area contributed by atoms with Gasteiger partial charge in [-0.05, 0) is 32.6 Å². The molecule has 1 amide bonds. The van der Waals surface area contributed by atoms with Crippen LogP contribution in [0.1, 0.15) is 36.8 Å². The molecule has 0 aromatic carbocycles. The summed E-state index contributed by atoms with van der Waals surface area (Å²) in [5, 5.41) is 13.2. The maximum Gasteiger partial charge on any atom is 0.307 e. The van der Waals surface area contributed by atoms with Crippen molar-refractivity contribution in [3.63, 3.8) is 0 Å². The molecular formula is C15H22N2O4. The van der Waals surface area contributed by atoms with Crippen LogP contribution in [0, 0.1) is 31.6 Å². The third-order valence-corrected chi connectivity index (χ3v) is 4.39. The molecule has 0 aliphatic heterocycles. The van der Waals surface area contributed by atoms with Gasteiger partial charge in [0.2, 0.25) is 5.91 Å². The monoisotopic (exact) mass is 294 g/mol. The second kappa shape index (κ2) is 5.87. The van der Waals surface area contributed by atoms with E-state index in [-0.39, 0.29) is 11.8 Å². The summed E-state index contributed by atoms with van der Waals surface area (Å²) in [6, 6.07) is 0. The van der Waals surface area contributed by atoms with Crippen molar-refractivity contribution in [2.75, 3.05) is 7.05 Å². The molecule has 0 radical (unpaired) electrons. The van der Waals surface area contributed by atoms with Gasteiger partial charge >= 0.3 is 5.97 Å². The number of carboxylic acids is 1. The molecule has 1 N–H and O–H groups in total. The lowest BCUT2D eigenvalue weighted by Crippen LogP contribution is -2.36. The first-order valence-corrected chi connectivity index (χ1v) is 7.20. The van der Waals surface area contributed by atoms with E-state index in [9.17, 15) is 14.7 Å².